The van der Waals surface area contributed by atoms with Crippen molar-refractivity contribution in [3.05, 3.63) is 23.0 Å². The van der Waals surface area contributed by atoms with Crippen molar-refractivity contribution in [1.29, 1.82) is 0 Å². The van der Waals surface area contributed by atoms with Crippen LogP contribution in [0.2, 0.25) is 0 Å². The quantitative estimate of drug-likeness (QED) is 0.506. The number of aromatic amines is 1. The van der Waals surface area contributed by atoms with E-state index in [-0.39, 0.29) is 11.2 Å². The van der Waals surface area contributed by atoms with E-state index in [1.807, 2.05) is 0 Å². The number of nitrogens with one attached hydrogen (secondary N) is 1. The van der Waals surface area contributed by atoms with Gasteiger partial charge < -0.3 is 25.0 Å². The number of aromatic nitrogens is 4. The van der Waals surface area contributed by atoms with Crippen LogP contribution >= 0.6 is 0 Å². The fourth-order valence-electron chi connectivity index (χ4n) is 2.42. The molecule has 1 aliphatic rings. The van der Waals surface area contributed by atoms with Crippen molar-refractivity contribution in [2.75, 3.05) is 6.61 Å². The van der Waals surface area contributed by atoms with Crippen LogP contribution in [0.1, 0.15) is 13.2 Å². The van der Waals surface area contributed by atoms with Crippen molar-refractivity contribution in [2.45, 2.75) is 31.0 Å². The molecule has 2 aromatic rings. The van der Waals surface area contributed by atoms with Crippen molar-refractivity contribution in [3.63, 3.8) is 0 Å². The van der Waals surface area contributed by atoms with E-state index in [4.69, 9.17) is 9.84 Å². The van der Waals surface area contributed by atoms with Crippen LogP contribution in [0.3, 0.4) is 0 Å². The molecule has 1 fully saturated rings. The lowest BCUT2D eigenvalue weighted by Gasteiger charge is -2.27. The third-order valence-corrected chi connectivity index (χ3v) is 3.55. The van der Waals surface area contributed by atoms with Gasteiger partial charge in [0, 0.05) is 0 Å². The Bertz CT molecular complexity index is 693. The second-order valence-corrected chi connectivity index (χ2v) is 4.94. The fraction of sp³-hybridized carbons (Fsp3) is 0.545. The molecule has 0 radical (unpaired) electrons. The predicted molar refractivity (Wildman–Crippen MR) is 65.8 cm³/mol. The number of H-pyrrole nitrogens is 1. The van der Waals surface area contributed by atoms with Gasteiger partial charge in [0.25, 0.3) is 5.56 Å². The zero-order valence-electron chi connectivity index (χ0n) is 10.6. The molecule has 9 heteroatoms. The number of imidazole rings is 1. The molecular weight excluding hydrogens is 268 g/mol. The Morgan fingerprint density at radius 1 is 1.55 bits per heavy atom. The molecule has 4 N–H and O–H groups in total. The Morgan fingerprint density at radius 3 is 2.95 bits per heavy atom. The third kappa shape index (κ3) is 1.68. The first-order valence-corrected chi connectivity index (χ1v) is 6.03. The average Bonchev–Trinajstić information content (AvgIpc) is 2.92. The summed E-state index contributed by atoms with van der Waals surface area (Å²) in [5.74, 6) is 0. The maximum absolute atomic E-state index is 11.6. The molecule has 1 unspecified atom stereocenters. The van der Waals surface area contributed by atoms with Gasteiger partial charge in [-0.15, -0.1) is 0 Å². The van der Waals surface area contributed by atoms with E-state index >= 15 is 0 Å². The topological polar surface area (TPSA) is 133 Å². The second-order valence-electron chi connectivity index (χ2n) is 4.94. The molecule has 0 aromatic carbocycles. The molecule has 9 nitrogen and oxygen atoms in total. The summed E-state index contributed by atoms with van der Waals surface area (Å²) in [4.78, 5) is 21.9. The smallest absolute Gasteiger partial charge is 0.278 e. The molecule has 4 atom stereocenters. The molecule has 1 saturated heterocycles. The predicted octanol–water partition coefficient (Wildman–Crippen LogP) is -1.88. The van der Waals surface area contributed by atoms with Crippen molar-refractivity contribution in [3.8, 4) is 0 Å². The van der Waals surface area contributed by atoms with Gasteiger partial charge in [-0.25, -0.2) is 9.97 Å². The van der Waals surface area contributed by atoms with E-state index in [0.29, 0.717) is 0 Å². The third-order valence-electron chi connectivity index (χ3n) is 3.55. The Labute approximate surface area is 112 Å². The highest BCUT2D eigenvalue weighted by molar-refractivity contribution is 5.68. The molecule has 0 spiro atoms. The number of nitrogens with zero attached hydrogens (tertiary/aromatic N) is 3. The monoisotopic (exact) mass is 282 g/mol. The van der Waals surface area contributed by atoms with Crippen LogP contribution in [-0.2, 0) is 4.74 Å². The van der Waals surface area contributed by atoms with E-state index in [2.05, 4.69) is 15.0 Å². The van der Waals surface area contributed by atoms with Crippen molar-refractivity contribution in [1.82, 2.24) is 19.5 Å². The van der Waals surface area contributed by atoms with Crippen LogP contribution in [0.4, 0.5) is 0 Å². The van der Waals surface area contributed by atoms with E-state index in [1.54, 1.807) is 0 Å². The Morgan fingerprint density at radius 2 is 2.30 bits per heavy atom. The van der Waals surface area contributed by atoms with Gasteiger partial charge in [-0.3, -0.25) is 9.36 Å². The first-order valence-electron chi connectivity index (χ1n) is 6.03. The molecule has 0 aliphatic carbocycles. The van der Waals surface area contributed by atoms with Gasteiger partial charge in [-0.1, -0.05) is 0 Å². The Kier molecular flexibility index (Phi) is 2.87. The first-order chi connectivity index (χ1) is 9.46. The molecule has 2 aromatic heterocycles. The van der Waals surface area contributed by atoms with Gasteiger partial charge in [0.2, 0.25) is 0 Å². The van der Waals surface area contributed by atoms with Gasteiger partial charge in [-0.05, 0) is 6.92 Å². The minimum absolute atomic E-state index is 0.105. The number of fused-ring (bicyclic) bond motifs is 1. The SMILES string of the molecule is C[C@]1(O)C(O)[C@@H](CO)O[C@H]1n1cnc2c(=O)[nH]cnc21. The van der Waals surface area contributed by atoms with Crippen LogP contribution in [0.5, 0.6) is 0 Å². The normalized spacial score (nSPS) is 33.9. The number of hydrogen-bond acceptors (Lipinski definition) is 7. The molecule has 3 rings (SSSR count). The average molecular weight is 282 g/mol. The largest absolute Gasteiger partial charge is 0.394 e. The number of aliphatic hydroxyl groups is 3. The van der Waals surface area contributed by atoms with Crippen LogP contribution in [0.15, 0.2) is 17.4 Å². The number of aliphatic hydroxyl groups excluding tert-OH is 2. The van der Waals surface area contributed by atoms with Crippen molar-refractivity contribution < 1.29 is 20.1 Å². The number of rotatable bonds is 2. The Hall–Kier alpha value is -1.81. The summed E-state index contributed by atoms with van der Waals surface area (Å²) >= 11 is 0. The first kappa shape index (κ1) is 13.2. The summed E-state index contributed by atoms with van der Waals surface area (Å²) in [5, 5.41) is 29.5. The molecule has 20 heavy (non-hydrogen) atoms. The zero-order valence-corrected chi connectivity index (χ0v) is 10.6. The molecule has 1 aliphatic heterocycles. The Balaban J connectivity index is 2.12. The summed E-state index contributed by atoms with van der Waals surface area (Å²) in [6.45, 7) is 0.950. The lowest BCUT2D eigenvalue weighted by atomic mass is 9.96. The maximum Gasteiger partial charge on any atom is 0.278 e. The molecule has 0 amide bonds. The van der Waals surface area contributed by atoms with Gasteiger partial charge in [-0.2, -0.15) is 0 Å². The summed E-state index contributed by atoms with van der Waals surface area (Å²) in [6, 6.07) is 0. The van der Waals surface area contributed by atoms with Gasteiger partial charge in [0.15, 0.2) is 17.4 Å². The highest BCUT2D eigenvalue weighted by atomic mass is 16.6. The molecule has 108 valence electrons. The molecule has 0 bridgehead atoms. The number of hydrogen-bond donors (Lipinski definition) is 4. The van der Waals surface area contributed by atoms with E-state index in [1.165, 1.54) is 24.1 Å². The number of ether oxygens (including phenoxy) is 1. The van der Waals surface area contributed by atoms with Crippen LogP contribution in [0, 0.1) is 0 Å². The lowest BCUT2D eigenvalue weighted by Crippen LogP contribution is -2.44. The minimum Gasteiger partial charge on any atom is -0.394 e. The zero-order chi connectivity index (χ0) is 14.5. The summed E-state index contributed by atoms with van der Waals surface area (Å²) in [5.41, 5.74) is -1.73. The van der Waals surface area contributed by atoms with E-state index in [9.17, 15) is 15.0 Å². The minimum atomic E-state index is -1.65. The van der Waals surface area contributed by atoms with Gasteiger partial charge in [0.05, 0.1) is 19.3 Å². The maximum atomic E-state index is 11.6. The second kappa shape index (κ2) is 4.35. The standard InChI is InChI=1S/C11H14N4O5/c1-11(19)7(17)5(2-16)20-10(11)15-4-14-6-8(15)12-3-13-9(6)18/h3-5,7,10,16-17,19H,2H2,1H3,(H,12,13,18)/t5-,7?,10-,11+/m1/s1. The van der Waals surface area contributed by atoms with E-state index < -0.39 is 36.2 Å². The van der Waals surface area contributed by atoms with Crippen molar-refractivity contribution in [2.24, 2.45) is 0 Å². The summed E-state index contributed by atoms with van der Waals surface area (Å²) in [6.07, 6.45) is -0.675. The van der Waals surface area contributed by atoms with Gasteiger partial charge >= 0.3 is 0 Å². The molecule has 3 heterocycles. The molecule has 0 saturated carbocycles. The lowest BCUT2D eigenvalue weighted by molar-refractivity contribution is -0.0950. The van der Waals surface area contributed by atoms with Crippen LogP contribution < -0.4 is 5.56 Å². The molecular formula is C11H14N4O5. The highest BCUT2D eigenvalue weighted by Crippen LogP contribution is 2.38. The fourth-order valence-corrected chi connectivity index (χ4v) is 2.42. The summed E-state index contributed by atoms with van der Waals surface area (Å²) < 4.78 is 6.82. The summed E-state index contributed by atoms with van der Waals surface area (Å²) in [7, 11) is 0. The van der Waals surface area contributed by atoms with Gasteiger partial charge in [0.1, 0.15) is 17.8 Å². The van der Waals surface area contributed by atoms with E-state index in [0.717, 1.165) is 0 Å². The van der Waals surface area contributed by atoms with Crippen LogP contribution in [0.25, 0.3) is 11.2 Å². The van der Waals surface area contributed by atoms with Crippen molar-refractivity contribution >= 4 is 11.2 Å². The highest BCUT2D eigenvalue weighted by Gasteiger charge is 2.53. The van der Waals surface area contributed by atoms with Crippen LogP contribution in [-0.4, -0.2) is 59.3 Å².